The molecule has 2 aliphatic rings. The summed E-state index contributed by atoms with van der Waals surface area (Å²) in [5.41, 5.74) is 2.43. The molecular weight excluding hydrogens is 487 g/mol. The van der Waals surface area contributed by atoms with Gasteiger partial charge in [0.05, 0.1) is 18.2 Å². The van der Waals surface area contributed by atoms with Gasteiger partial charge in [0, 0.05) is 17.3 Å². The molecule has 3 aromatic rings. The number of fused-ring (bicyclic) bond motifs is 1. The number of anilines is 1. The van der Waals surface area contributed by atoms with E-state index in [4.69, 9.17) is 4.74 Å². The number of ketones is 1. The highest BCUT2D eigenvalue weighted by molar-refractivity contribution is 6.51. The molecule has 190 valence electrons. The smallest absolute Gasteiger partial charge is 0.507 e. The molecule has 0 aliphatic carbocycles. The van der Waals surface area contributed by atoms with Crippen molar-refractivity contribution in [1.29, 1.82) is 0 Å². The zero-order chi connectivity index (χ0) is 26.3. The maximum atomic E-state index is 13.3. The Balaban J connectivity index is 1.66. The fourth-order valence-electron chi connectivity index (χ4n) is 4.75. The molecule has 1 unspecified atom stereocenters. The Bertz CT molecular complexity index is 1430. The molecule has 6 nitrogen and oxygen atoms in total. The topological polar surface area (TPSA) is 76.1 Å². The summed E-state index contributed by atoms with van der Waals surface area (Å²) in [4.78, 5) is 27.7. The second kappa shape index (κ2) is 9.31. The number of aliphatic hydroxyl groups is 1. The first-order chi connectivity index (χ1) is 17.6. The third-order valence-corrected chi connectivity index (χ3v) is 6.31. The standard InChI is InChI=1S/C28H22F3NO5/c1-16-5-2-6-18(13-16)24-23(25(33)19-10-11-22-17(14-19)7-4-12-36-22)26(34)27(35)32(24)20-8-3-9-21(15-20)37-28(29,30)31/h2-3,5-6,8-11,13-15,24,33H,4,7,12H2,1H3/b25-23-. The third-order valence-electron chi connectivity index (χ3n) is 6.31. The summed E-state index contributed by atoms with van der Waals surface area (Å²) in [6, 6.07) is 15.8. The maximum absolute atomic E-state index is 13.3. The molecule has 37 heavy (non-hydrogen) atoms. The summed E-state index contributed by atoms with van der Waals surface area (Å²) in [5, 5.41) is 11.3. The van der Waals surface area contributed by atoms with E-state index in [1.165, 1.54) is 12.1 Å². The van der Waals surface area contributed by atoms with Crippen molar-refractivity contribution in [3.05, 3.63) is 94.6 Å². The molecule has 1 saturated heterocycles. The molecule has 2 heterocycles. The van der Waals surface area contributed by atoms with Gasteiger partial charge < -0.3 is 14.6 Å². The van der Waals surface area contributed by atoms with Crippen LogP contribution in [0.25, 0.3) is 5.76 Å². The van der Waals surface area contributed by atoms with Gasteiger partial charge in [-0.15, -0.1) is 13.2 Å². The van der Waals surface area contributed by atoms with E-state index in [-0.39, 0.29) is 17.0 Å². The minimum Gasteiger partial charge on any atom is -0.507 e. The number of halogens is 3. The second-order valence-corrected chi connectivity index (χ2v) is 8.90. The molecule has 1 amide bonds. The molecular formula is C28H22F3NO5. The van der Waals surface area contributed by atoms with Crippen LogP contribution in [0, 0.1) is 6.92 Å². The highest BCUT2D eigenvalue weighted by Crippen LogP contribution is 2.43. The predicted octanol–water partition coefficient (Wildman–Crippen LogP) is 5.84. The van der Waals surface area contributed by atoms with Crippen LogP contribution in [0.4, 0.5) is 18.9 Å². The average Bonchev–Trinajstić information content (AvgIpc) is 3.13. The summed E-state index contributed by atoms with van der Waals surface area (Å²) in [6.07, 6.45) is -3.39. The van der Waals surface area contributed by atoms with E-state index in [0.29, 0.717) is 23.5 Å². The van der Waals surface area contributed by atoms with E-state index >= 15 is 0 Å². The van der Waals surface area contributed by atoms with Crippen molar-refractivity contribution in [3.63, 3.8) is 0 Å². The fraction of sp³-hybridized carbons (Fsp3) is 0.214. The molecule has 0 spiro atoms. The van der Waals surface area contributed by atoms with Gasteiger partial charge in [-0.3, -0.25) is 14.5 Å². The molecule has 1 fully saturated rings. The van der Waals surface area contributed by atoms with Crippen LogP contribution in [0.3, 0.4) is 0 Å². The van der Waals surface area contributed by atoms with E-state index in [0.717, 1.165) is 41.0 Å². The number of alkyl halides is 3. The predicted molar refractivity (Wildman–Crippen MR) is 129 cm³/mol. The van der Waals surface area contributed by atoms with Gasteiger partial charge in [0.25, 0.3) is 11.7 Å². The monoisotopic (exact) mass is 509 g/mol. The zero-order valence-electron chi connectivity index (χ0n) is 19.7. The van der Waals surface area contributed by atoms with Crippen LogP contribution in [0.5, 0.6) is 11.5 Å². The van der Waals surface area contributed by atoms with Crippen LogP contribution < -0.4 is 14.4 Å². The Hall–Kier alpha value is -4.27. The molecule has 9 heteroatoms. The normalized spacial score (nSPS) is 18.9. The third kappa shape index (κ3) is 4.76. The van der Waals surface area contributed by atoms with E-state index in [9.17, 15) is 27.9 Å². The van der Waals surface area contributed by atoms with Gasteiger partial charge in [-0.2, -0.15) is 0 Å². The molecule has 0 radical (unpaired) electrons. The SMILES string of the molecule is Cc1cccc(C2/C(=C(/O)c3ccc4c(c3)CCCO4)C(=O)C(=O)N2c2cccc(OC(F)(F)F)c2)c1. The number of rotatable bonds is 4. The van der Waals surface area contributed by atoms with E-state index < -0.39 is 29.8 Å². The van der Waals surface area contributed by atoms with Crippen molar-refractivity contribution in [3.8, 4) is 11.5 Å². The summed E-state index contributed by atoms with van der Waals surface area (Å²) >= 11 is 0. The fourth-order valence-corrected chi connectivity index (χ4v) is 4.75. The van der Waals surface area contributed by atoms with E-state index in [2.05, 4.69) is 4.74 Å². The van der Waals surface area contributed by atoms with Gasteiger partial charge in [0.1, 0.15) is 17.3 Å². The van der Waals surface area contributed by atoms with Crippen molar-refractivity contribution >= 4 is 23.1 Å². The van der Waals surface area contributed by atoms with Crippen molar-refractivity contribution in [1.82, 2.24) is 0 Å². The molecule has 1 atom stereocenters. The lowest BCUT2D eigenvalue weighted by Gasteiger charge is -2.26. The Kier molecular flexibility index (Phi) is 6.15. The quantitative estimate of drug-likeness (QED) is 0.272. The van der Waals surface area contributed by atoms with Crippen LogP contribution in [-0.4, -0.2) is 29.8 Å². The molecule has 0 bridgehead atoms. The van der Waals surface area contributed by atoms with E-state index in [1.54, 1.807) is 36.4 Å². The number of aryl methyl sites for hydroxylation is 2. The van der Waals surface area contributed by atoms with Crippen molar-refractivity contribution in [2.24, 2.45) is 0 Å². The Morgan fingerprint density at radius 1 is 1.05 bits per heavy atom. The first-order valence-electron chi connectivity index (χ1n) is 11.6. The second-order valence-electron chi connectivity index (χ2n) is 8.90. The Morgan fingerprint density at radius 2 is 1.84 bits per heavy atom. The minimum atomic E-state index is -4.93. The van der Waals surface area contributed by atoms with Crippen LogP contribution in [0.15, 0.2) is 72.3 Å². The van der Waals surface area contributed by atoms with Crippen molar-refractivity contribution in [2.45, 2.75) is 32.2 Å². The van der Waals surface area contributed by atoms with Gasteiger partial charge in [0.15, 0.2) is 0 Å². The van der Waals surface area contributed by atoms with Gasteiger partial charge in [-0.25, -0.2) is 0 Å². The first-order valence-corrected chi connectivity index (χ1v) is 11.6. The average molecular weight is 509 g/mol. The number of amides is 1. The lowest BCUT2D eigenvalue weighted by Crippen LogP contribution is -2.29. The highest BCUT2D eigenvalue weighted by atomic mass is 19.4. The summed E-state index contributed by atoms with van der Waals surface area (Å²) in [6.45, 7) is 2.42. The zero-order valence-corrected chi connectivity index (χ0v) is 19.7. The number of benzene rings is 3. The number of nitrogens with zero attached hydrogens (tertiary/aromatic N) is 1. The number of ether oxygens (including phenoxy) is 2. The largest absolute Gasteiger partial charge is 0.573 e. The molecule has 3 aromatic carbocycles. The summed E-state index contributed by atoms with van der Waals surface area (Å²) in [7, 11) is 0. The number of Topliss-reactive ketones (excluding diaryl/α,β-unsaturated/α-hetero) is 1. The van der Waals surface area contributed by atoms with Crippen LogP contribution >= 0.6 is 0 Å². The maximum Gasteiger partial charge on any atom is 0.573 e. The van der Waals surface area contributed by atoms with Crippen LogP contribution in [0.2, 0.25) is 0 Å². The molecule has 2 aliphatic heterocycles. The van der Waals surface area contributed by atoms with Gasteiger partial charge in [0.2, 0.25) is 0 Å². The van der Waals surface area contributed by atoms with Crippen LogP contribution in [0.1, 0.15) is 34.7 Å². The summed E-state index contributed by atoms with van der Waals surface area (Å²) in [5.74, 6) is -2.13. The molecule has 5 rings (SSSR count). The van der Waals surface area contributed by atoms with Crippen molar-refractivity contribution in [2.75, 3.05) is 11.5 Å². The lowest BCUT2D eigenvalue weighted by atomic mass is 9.93. The Labute approximate surface area is 210 Å². The van der Waals surface area contributed by atoms with Gasteiger partial charge >= 0.3 is 6.36 Å². The highest BCUT2D eigenvalue weighted by Gasteiger charge is 2.47. The van der Waals surface area contributed by atoms with E-state index in [1.807, 2.05) is 13.0 Å². The van der Waals surface area contributed by atoms with Gasteiger partial charge in [-0.1, -0.05) is 35.9 Å². The van der Waals surface area contributed by atoms with Gasteiger partial charge in [-0.05, 0) is 61.2 Å². The number of carbonyl (C=O) groups is 2. The number of hydrogen-bond acceptors (Lipinski definition) is 5. The summed E-state index contributed by atoms with van der Waals surface area (Å²) < 4.78 is 48.2. The Morgan fingerprint density at radius 3 is 2.59 bits per heavy atom. The minimum absolute atomic E-state index is 0.0215. The van der Waals surface area contributed by atoms with Crippen LogP contribution in [-0.2, 0) is 16.0 Å². The van der Waals surface area contributed by atoms with Crippen molar-refractivity contribution < 1.29 is 37.3 Å². The molecule has 0 aromatic heterocycles. The number of carbonyl (C=O) groups excluding carboxylic acids is 2. The first kappa shape index (κ1) is 24.4. The number of hydrogen-bond donors (Lipinski definition) is 1. The lowest BCUT2D eigenvalue weighted by molar-refractivity contribution is -0.274. The number of aliphatic hydroxyl groups excluding tert-OH is 1. The molecule has 1 N–H and O–H groups in total. The molecule has 0 saturated carbocycles.